The van der Waals surface area contributed by atoms with Crippen LogP contribution in [0.3, 0.4) is 0 Å². The van der Waals surface area contributed by atoms with Crippen LogP contribution in [0, 0.1) is 20.8 Å². The van der Waals surface area contributed by atoms with Gasteiger partial charge in [0.05, 0.1) is 16.3 Å². The highest BCUT2D eigenvalue weighted by Crippen LogP contribution is 2.21. The molecular formula is C20H21N5O4S2. The summed E-state index contributed by atoms with van der Waals surface area (Å²) in [5.41, 5.74) is 2.27. The fourth-order valence-electron chi connectivity index (χ4n) is 2.74. The Hall–Kier alpha value is -3.31. The molecule has 0 aliphatic carbocycles. The summed E-state index contributed by atoms with van der Waals surface area (Å²) in [5, 5.41) is 6.97. The lowest BCUT2D eigenvalue weighted by Gasteiger charge is -2.12. The largest absolute Gasteiger partial charge is 0.342 e. The second-order valence-corrected chi connectivity index (χ2v) is 9.39. The number of sulfonamides is 1. The molecular weight excluding hydrogens is 438 g/mol. The lowest BCUT2D eigenvalue weighted by Crippen LogP contribution is -2.32. The van der Waals surface area contributed by atoms with Crippen LogP contribution in [-0.4, -0.2) is 36.7 Å². The minimum atomic E-state index is -3.90. The van der Waals surface area contributed by atoms with Crippen LogP contribution in [0.1, 0.15) is 26.6 Å². The number of carbonyl (C=O) groups is 2. The molecule has 3 rings (SSSR count). The Labute approximate surface area is 184 Å². The third-order valence-corrected chi connectivity index (χ3v) is 6.34. The van der Waals surface area contributed by atoms with Crippen LogP contribution < -0.4 is 15.4 Å². The Kier molecular flexibility index (Phi) is 6.66. The molecule has 0 atom stereocenters. The number of rotatable bonds is 7. The van der Waals surface area contributed by atoms with Gasteiger partial charge in [0, 0.05) is 17.1 Å². The van der Waals surface area contributed by atoms with Crippen molar-refractivity contribution in [3.63, 3.8) is 0 Å². The van der Waals surface area contributed by atoms with Gasteiger partial charge in [-0.15, -0.1) is 11.3 Å². The highest BCUT2D eigenvalue weighted by molar-refractivity contribution is 7.92. The van der Waals surface area contributed by atoms with E-state index < -0.39 is 15.9 Å². The van der Waals surface area contributed by atoms with Gasteiger partial charge < -0.3 is 10.6 Å². The van der Waals surface area contributed by atoms with Crippen molar-refractivity contribution >= 4 is 44.8 Å². The molecule has 0 saturated heterocycles. The Morgan fingerprint density at radius 1 is 1.03 bits per heavy atom. The number of thiophene rings is 1. The van der Waals surface area contributed by atoms with Crippen molar-refractivity contribution in [3.8, 4) is 0 Å². The highest BCUT2D eigenvalue weighted by atomic mass is 32.2. The number of nitrogens with one attached hydrogen (secondary N) is 3. The third kappa shape index (κ3) is 5.86. The predicted molar refractivity (Wildman–Crippen MR) is 119 cm³/mol. The minimum absolute atomic E-state index is 0.00554. The summed E-state index contributed by atoms with van der Waals surface area (Å²) in [6, 6.07) is 9.45. The van der Waals surface area contributed by atoms with Crippen molar-refractivity contribution in [1.29, 1.82) is 0 Å². The summed E-state index contributed by atoms with van der Waals surface area (Å²) >= 11 is 1.28. The van der Waals surface area contributed by atoms with Gasteiger partial charge >= 0.3 is 0 Å². The van der Waals surface area contributed by atoms with Gasteiger partial charge in [-0.05, 0) is 62.0 Å². The maximum Gasteiger partial charge on any atom is 0.264 e. The van der Waals surface area contributed by atoms with Gasteiger partial charge in [0.15, 0.2) is 0 Å². The van der Waals surface area contributed by atoms with Crippen molar-refractivity contribution in [2.45, 2.75) is 25.7 Å². The molecule has 0 radical (unpaired) electrons. The van der Waals surface area contributed by atoms with Gasteiger partial charge in [-0.25, -0.2) is 23.1 Å². The average Bonchev–Trinajstić information content (AvgIpc) is 3.21. The molecule has 31 heavy (non-hydrogen) atoms. The Bertz CT molecular complexity index is 1200. The average molecular weight is 460 g/mol. The molecule has 0 unspecified atom stereocenters. The van der Waals surface area contributed by atoms with Gasteiger partial charge in [0.25, 0.3) is 15.9 Å². The van der Waals surface area contributed by atoms with Crippen molar-refractivity contribution in [3.05, 3.63) is 63.6 Å². The van der Waals surface area contributed by atoms with Crippen LogP contribution in [0.2, 0.25) is 0 Å². The van der Waals surface area contributed by atoms with Crippen LogP contribution in [0.4, 0.5) is 11.6 Å². The summed E-state index contributed by atoms with van der Waals surface area (Å²) in [6.07, 6.45) is 0. The van der Waals surface area contributed by atoms with Crippen molar-refractivity contribution < 1.29 is 18.0 Å². The summed E-state index contributed by atoms with van der Waals surface area (Å²) in [5.74, 6) is -0.762. The molecule has 0 aliphatic heterocycles. The summed E-state index contributed by atoms with van der Waals surface area (Å²) < 4.78 is 27.7. The van der Waals surface area contributed by atoms with Crippen molar-refractivity contribution in [2.75, 3.05) is 16.6 Å². The highest BCUT2D eigenvalue weighted by Gasteiger charge is 2.18. The molecule has 0 fully saturated rings. The first kappa shape index (κ1) is 22.4. The molecule has 0 saturated carbocycles. The smallest absolute Gasteiger partial charge is 0.264 e. The van der Waals surface area contributed by atoms with E-state index in [4.69, 9.17) is 0 Å². The standard InChI is InChI=1S/C20H21N5O4S2/c1-12-9-15(31(28,29)25-20-22-13(2)10-14(3)23-20)6-7-16(12)24-18(26)11-21-19(27)17-5-4-8-30-17/h4-10H,11H2,1-3H3,(H,21,27)(H,24,26)(H,22,23,25). The monoisotopic (exact) mass is 459 g/mol. The quantitative estimate of drug-likeness (QED) is 0.498. The van der Waals surface area contributed by atoms with Gasteiger partial charge in [0.2, 0.25) is 11.9 Å². The Balaban J connectivity index is 1.66. The molecule has 1 aromatic carbocycles. The topological polar surface area (TPSA) is 130 Å². The molecule has 2 heterocycles. The van der Waals surface area contributed by atoms with Crippen LogP contribution in [0.5, 0.6) is 0 Å². The molecule has 2 amide bonds. The van der Waals surface area contributed by atoms with E-state index in [1.807, 2.05) is 0 Å². The summed E-state index contributed by atoms with van der Waals surface area (Å²) in [4.78, 5) is 32.8. The predicted octanol–water partition coefficient (Wildman–Crippen LogP) is 2.63. The number of benzene rings is 1. The zero-order valence-corrected chi connectivity index (χ0v) is 18.7. The molecule has 0 aliphatic rings. The fourth-order valence-corrected chi connectivity index (χ4v) is 4.41. The number of nitrogens with zero attached hydrogens (tertiary/aromatic N) is 2. The van der Waals surface area contributed by atoms with E-state index in [-0.39, 0.29) is 23.3 Å². The zero-order valence-electron chi connectivity index (χ0n) is 17.1. The Morgan fingerprint density at radius 2 is 1.74 bits per heavy atom. The number of carbonyl (C=O) groups excluding carboxylic acids is 2. The normalized spacial score (nSPS) is 11.1. The fraction of sp³-hybridized carbons (Fsp3) is 0.200. The summed E-state index contributed by atoms with van der Waals surface area (Å²) in [7, 11) is -3.90. The van der Waals surface area contributed by atoms with Crippen molar-refractivity contribution in [2.24, 2.45) is 0 Å². The first-order valence-electron chi connectivity index (χ1n) is 9.21. The molecule has 11 heteroatoms. The van der Waals surface area contributed by atoms with Crippen LogP contribution in [-0.2, 0) is 14.8 Å². The SMILES string of the molecule is Cc1cc(C)nc(NS(=O)(=O)c2ccc(NC(=O)CNC(=O)c3cccs3)c(C)c2)n1. The number of aromatic nitrogens is 2. The Morgan fingerprint density at radius 3 is 2.35 bits per heavy atom. The second-order valence-electron chi connectivity index (χ2n) is 6.76. The molecule has 3 N–H and O–H groups in total. The van der Waals surface area contributed by atoms with Gasteiger partial charge in [-0.3, -0.25) is 9.59 Å². The van der Waals surface area contributed by atoms with E-state index in [1.165, 1.54) is 29.5 Å². The lowest BCUT2D eigenvalue weighted by molar-refractivity contribution is -0.115. The first-order chi connectivity index (χ1) is 14.6. The number of anilines is 2. The molecule has 3 aromatic rings. The van der Waals surface area contributed by atoms with Crippen molar-refractivity contribution in [1.82, 2.24) is 15.3 Å². The third-order valence-electron chi connectivity index (χ3n) is 4.14. The van der Waals surface area contributed by atoms with Gasteiger partial charge in [-0.2, -0.15) is 0 Å². The number of aryl methyl sites for hydroxylation is 3. The van der Waals surface area contributed by atoms with E-state index in [2.05, 4.69) is 25.3 Å². The number of hydrogen-bond acceptors (Lipinski definition) is 7. The van der Waals surface area contributed by atoms with E-state index in [1.54, 1.807) is 44.4 Å². The molecule has 2 aromatic heterocycles. The zero-order chi connectivity index (χ0) is 22.6. The molecule has 162 valence electrons. The number of hydrogen-bond donors (Lipinski definition) is 3. The summed E-state index contributed by atoms with van der Waals surface area (Å²) in [6.45, 7) is 4.96. The van der Waals surface area contributed by atoms with Crippen LogP contribution in [0.15, 0.2) is 46.7 Å². The lowest BCUT2D eigenvalue weighted by atomic mass is 10.2. The van der Waals surface area contributed by atoms with E-state index in [9.17, 15) is 18.0 Å². The second kappa shape index (κ2) is 9.23. The van der Waals surface area contributed by atoms with Gasteiger partial charge in [0.1, 0.15) is 0 Å². The van der Waals surface area contributed by atoms with E-state index in [0.717, 1.165) is 0 Å². The van der Waals surface area contributed by atoms with Crippen LogP contribution >= 0.6 is 11.3 Å². The first-order valence-corrected chi connectivity index (χ1v) is 11.6. The van der Waals surface area contributed by atoms with E-state index >= 15 is 0 Å². The molecule has 9 nitrogen and oxygen atoms in total. The van der Waals surface area contributed by atoms with Gasteiger partial charge in [-0.1, -0.05) is 6.07 Å². The number of amides is 2. The van der Waals surface area contributed by atoms with E-state index in [0.29, 0.717) is 27.5 Å². The maximum absolute atomic E-state index is 12.7. The maximum atomic E-state index is 12.7. The molecule has 0 bridgehead atoms. The minimum Gasteiger partial charge on any atom is -0.342 e. The molecule has 0 spiro atoms. The van der Waals surface area contributed by atoms with Crippen LogP contribution in [0.25, 0.3) is 0 Å².